The molecular weight excluding hydrogens is 370 g/mol. The molecule has 0 aliphatic carbocycles. The summed E-state index contributed by atoms with van der Waals surface area (Å²) in [5, 5.41) is 5.98. The van der Waals surface area contributed by atoms with Gasteiger partial charge in [0.15, 0.2) is 0 Å². The van der Waals surface area contributed by atoms with Crippen molar-refractivity contribution in [3.05, 3.63) is 72.4 Å². The lowest BCUT2D eigenvalue weighted by molar-refractivity contribution is 0.0946. The molecule has 0 saturated heterocycles. The third kappa shape index (κ3) is 5.62. The molecule has 1 amide bonds. The Kier molecular flexibility index (Phi) is 6.89. The average molecular weight is 393 g/mol. The maximum absolute atomic E-state index is 12.2. The number of carbonyl (C=O) groups is 1. The van der Waals surface area contributed by atoms with Crippen LogP contribution < -0.4 is 24.8 Å². The number of pyridine rings is 1. The van der Waals surface area contributed by atoms with Gasteiger partial charge in [0, 0.05) is 6.20 Å². The Morgan fingerprint density at radius 3 is 2.38 bits per heavy atom. The molecule has 0 spiro atoms. The first kappa shape index (κ1) is 20.0. The van der Waals surface area contributed by atoms with Gasteiger partial charge in [-0.3, -0.25) is 4.79 Å². The van der Waals surface area contributed by atoms with Crippen molar-refractivity contribution >= 4 is 17.4 Å². The van der Waals surface area contributed by atoms with E-state index in [1.807, 2.05) is 48.5 Å². The van der Waals surface area contributed by atoms with E-state index in [4.69, 9.17) is 14.2 Å². The molecule has 0 aliphatic rings. The molecule has 0 fully saturated rings. The molecule has 0 aliphatic heterocycles. The highest BCUT2D eigenvalue weighted by molar-refractivity contribution is 5.94. The number of para-hydroxylation sites is 2. The average Bonchev–Trinajstić information content (AvgIpc) is 2.78. The third-order valence-corrected chi connectivity index (χ3v) is 4.11. The van der Waals surface area contributed by atoms with Gasteiger partial charge in [0.2, 0.25) is 0 Å². The van der Waals surface area contributed by atoms with Crippen molar-refractivity contribution in [3.63, 3.8) is 0 Å². The van der Waals surface area contributed by atoms with Crippen molar-refractivity contribution in [3.8, 4) is 17.2 Å². The van der Waals surface area contributed by atoms with Gasteiger partial charge in [0.1, 0.15) is 29.7 Å². The van der Waals surface area contributed by atoms with Gasteiger partial charge in [-0.1, -0.05) is 12.1 Å². The highest BCUT2D eigenvalue weighted by atomic mass is 16.5. The second-order valence-corrected chi connectivity index (χ2v) is 6.04. The Morgan fingerprint density at radius 2 is 1.69 bits per heavy atom. The van der Waals surface area contributed by atoms with E-state index in [0.29, 0.717) is 36.0 Å². The van der Waals surface area contributed by atoms with Crippen LogP contribution >= 0.6 is 0 Å². The summed E-state index contributed by atoms with van der Waals surface area (Å²) in [5.41, 5.74) is 1.27. The molecule has 1 heterocycles. The Bertz CT molecular complexity index is 928. The number of hydrogen-bond donors (Lipinski definition) is 2. The predicted octanol–water partition coefficient (Wildman–Crippen LogP) is 3.65. The van der Waals surface area contributed by atoms with E-state index in [-0.39, 0.29) is 5.91 Å². The van der Waals surface area contributed by atoms with Crippen LogP contribution in [0.2, 0.25) is 0 Å². The first-order chi connectivity index (χ1) is 14.2. The topological polar surface area (TPSA) is 81.7 Å². The van der Waals surface area contributed by atoms with Gasteiger partial charge in [0.25, 0.3) is 5.91 Å². The minimum absolute atomic E-state index is 0.209. The summed E-state index contributed by atoms with van der Waals surface area (Å²) in [5.74, 6) is 2.61. The number of benzene rings is 2. The summed E-state index contributed by atoms with van der Waals surface area (Å²) in [6.07, 6.45) is 1.53. The van der Waals surface area contributed by atoms with Crippen molar-refractivity contribution in [2.24, 2.45) is 0 Å². The number of rotatable bonds is 9. The maximum atomic E-state index is 12.2. The van der Waals surface area contributed by atoms with Crippen LogP contribution in [0.3, 0.4) is 0 Å². The van der Waals surface area contributed by atoms with Crippen LogP contribution in [0.25, 0.3) is 0 Å². The van der Waals surface area contributed by atoms with E-state index < -0.39 is 0 Å². The SMILES string of the molecule is COc1ccc(OCCNC(=O)c2ccc(Nc3ccccc3OC)nc2)cc1. The van der Waals surface area contributed by atoms with Gasteiger partial charge in [-0.25, -0.2) is 4.98 Å². The smallest absolute Gasteiger partial charge is 0.252 e. The maximum Gasteiger partial charge on any atom is 0.252 e. The van der Waals surface area contributed by atoms with Crippen LogP contribution in [-0.2, 0) is 0 Å². The van der Waals surface area contributed by atoms with Crippen LogP contribution in [0.15, 0.2) is 66.9 Å². The van der Waals surface area contributed by atoms with E-state index in [1.165, 1.54) is 6.20 Å². The summed E-state index contributed by atoms with van der Waals surface area (Å²) < 4.78 is 16.0. The lowest BCUT2D eigenvalue weighted by Crippen LogP contribution is -2.28. The fraction of sp³-hybridized carbons (Fsp3) is 0.182. The summed E-state index contributed by atoms with van der Waals surface area (Å²) in [6.45, 7) is 0.741. The van der Waals surface area contributed by atoms with Crippen molar-refractivity contribution in [1.82, 2.24) is 10.3 Å². The predicted molar refractivity (Wildman–Crippen MR) is 111 cm³/mol. The molecule has 0 radical (unpaired) electrons. The Hall–Kier alpha value is -3.74. The lowest BCUT2D eigenvalue weighted by Gasteiger charge is -2.11. The molecule has 29 heavy (non-hydrogen) atoms. The molecule has 0 bridgehead atoms. The van der Waals surface area contributed by atoms with E-state index >= 15 is 0 Å². The van der Waals surface area contributed by atoms with Crippen molar-refractivity contribution < 1.29 is 19.0 Å². The number of hydrogen-bond acceptors (Lipinski definition) is 6. The molecular formula is C22H23N3O4. The Balaban J connectivity index is 1.47. The number of anilines is 2. The third-order valence-electron chi connectivity index (χ3n) is 4.11. The standard InChI is InChI=1S/C22H23N3O4/c1-27-17-8-10-18(11-9-17)29-14-13-23-22(26)16-7-12-21(24-15-16)25-19-5-3-4-6-20(19)28-2/h3-12,15H,13-14H2,1-2H3,(H,23,26)(H,24,25). The highest BCUT2D eigenvalue weighted by Crippen LogP contribution is 2.26. The summed E-state index contributed by atoms with van der Waals surface area (Å²) in [6, 6.07) is 18.3. The number of nitrogens with one attached hydrogen (secondary N) is 2. The van der Waals surface area contributed by atoms with Gasteiger partial charge < -0.3 is 24.8 Å². The number of amides is 1. The minimum Gasteiger partial charge on any atom is -0.497 e. The summed E-state index contributed by atoms with van der Waals surface area (Å²) in [4.78, 5) is 16.5. The zero-order valence-electron chi connectivity index (χ0n) is 16.3. The molecule has 3 rings (SSSR count). The number of aromatic nitrogens is 1. The van der Waals surface area contributed by atoms with Gasteiger partial charge in [-0.2, -0.15) is 0 Å². The monoisotopic (exact) mass is 393 g/mol. The molecule has 7 heteroatoms. The summed E-state index contributed by atoms with van der Waals surface area (Å²) in [7, 11) is 3.22. The van der Waals surface area contributed by atoms with E-state index in [0.717, 1.165) is 11.4 Å². The van der Waals surface area contributed by atoms with Crippen molar-refractivity contribution in [2.45, 2.75) is 0 Å². The van der Waals surface area contributed by atoms with Crippen molar-refractivity contribution in [2.75, 3.05) is 32.7 Å². The lowest BCUT2D eigenvalue weighted by atomic mass is 10.2. The molecule has 150 valence electrons. The van der Waals surface area contributed by atoms with Crippen molar-refractivity contribution in [1.29, 1.82) is 0 Å². The first-order valence-corrected chi connectivity index (χ1v) is 9.11. The van der Waals surface area contributed by atoms with Crippen LogP contribution in [0.5, 0.6) is 17.2 Å². The molecule has 3 aromatic rings. The van der Waals surface area contributed by atoms with Gasteiger partial charge >= 0.3 is 0 Å². The van der Waals surface area contributed by atoms with Crippen LogP contribution in [0, 0.1) is 0 Å². The molecule has 0 saturated carbocycles. The second-order valence-electron chi connectivity index (χ2n) is 6.04. The zero-order valence-corrected chi connectivity index (χ0v) is 16.3. The largest absolute Gasteiger partial charge is 0.497 e. The van der Waals surface area contributed by atoms with Crippen LogP contribution in [0.4, 0.5) is 11.5 Å². The number of methoxy groups -OCH3 is 2. The number of carbonyl (C=O) groups excluding carboxylic acids is 1. The Labute approximate surface area is 169 Å². The minimum atomic E-state index is -0.209. The van der Waals surface area contributed by atoms with Crippen LogP contribution in [-0.4, -0.2) is 38.3 Å². The van der Waals surface area contributed by atoms with Crippen LogP contribution in [0.1, 0.15) is 10.4 Å². The Morgan fingerprint density at radius 1 is 0.931 bits per heavy atom. The highest BCUT2D eigenvalue weighted by Gasteiger charge is 2.07. The molecule has 2 aromatic carbocycles. The normalized spacial score (nSPS) is 10.1. The van der Waals surface area contributed by atoms with E-state index in [2.05, 4.69) is 15.6 Å². The summed E-state index contributed by atoms with van der Waals surface area (Å²) >= 11 is 0. The zero-order chi connectivity index (χ0) is 20.5. The number of nitrogens with zero attached hydrogens (tertiary/aromatic N) is 1. The van der Waals surface area contributed by atoms with E-state index in [1.54, 1.807) is 26.4 Å². The first-order valence-electron chi connectivity index (χ1n) is 9.11. The fourth-order valence-electron chi connectivity index (χ4n) is 2.60. The van der Waals surface area contributed by atoms with Gasteiger partial charge in [-0.05, 0) is 48.5 Å². The molecule has 0 unspecified atom stereocenters. The molecule has 7 nitrogen and oxygen atoms in total. The van der Waals surface area contributed by atoms with Gasteiger partial charge in [-0.15, -0.1) is 0 Å². The quantitative estimate of drug-likeness (QED) is 0.540. The molecule has 2 N–H and O–H groups in total. The molecule has 0 atom stereocenters. The second kappa shape index (κ2) is 9.98. The molecule has 1 aromatic heterocycles. The fourth-order valence-corrected chi connectivity index (χ4v) is 2.60. The van der Waals surface area contributed by atoms with Gasteiger partial charge in [0.05, 0.1) is 32.0 Å². The van der Waals surface area contributed by atoms with E-state index in [9.17, 15) is 4.79 Å². The number of ether oxygens (including phenoxy) is 3.